The highest BCUT2D eigenvalue weighted by atomic mass is 16.5. The molecule has 2 rings (SSSR count). The van der Waals surface area contributed by atoms with Crippen molar-refractivity contribution in [1.29, 1.82) is 0 Å². The van der Waals surface area contributed by atoms with Crippen LogP contribution in [0.4, 0.5) is 0 Å². The number of methoxy groups -OCH3 is 1. The molecule has 1 saturated carbocycles. The van der Waals surface area contributed by atoms with Crippen molar-refractivity contribution in [3.8, 4) is 5.88 Å². The second-order valence-electron chi connectivity index (χ2n) is 6.98. The number of pyridine rings is 1. The maximum absolute atomic E-state index is 5.09. The molecule has 1 aromatic heterocycles. The zero-order valence-electron chi connectivity index (χ0n) is 14.0. The fraction of sp³-hybridized carbons (Fsp3) is 0.722. The average Bonchev–Trinajstić information content (AvgIpc) is 2.54. The molecule has 1 aliphatic carbocycles. The monoisotopic (exact) mass is 290 g/mol. The Morgan fingerprint density at radius 1 is 1.24 bits per heavy atom. The zero-order valence-corrected chi connectivity index (χ0v) is 14.0. The van der Waals surface area contributed by atoms with Crippen LogP contribution in [0, 0.1) is 11.3 Å². The topological polar surface area (TPSA) is 34.1 Å². The van der Waals surface area contributed by atoms with Gasteiger partial charge >= 0.3 is 0 Å². The number of aromatic nitrogens is 1. The van der Waals surface area contributed by atoms with Gasteiger partial charge in [-0.05, 0) is 42.6 Å². The van der Waals surface area contributed by atoms with E-state index in [1.807, 2.05) is 12.3 Å². The van der Waals surface area contributed by atoms with E-state index in [1.54, 1.807) is 7.11 Å². The molecule has 0 spiro atoms. The molecule has 3 nitrogen and oxygen atoms in total. The predicted octanol–water partition coefficient (Wildman–Crippen LogP) is 4.17. The van der Waals surface area contributed by atoms with Gasteiger partial charge in [0.15, 0.2) is 0 Å². The van der Waals surface area contributed by atoms with Crippen LogP contribution in [0.25, 0.3) is 0 Å². The van der Waals surface area contributed by atoms with Gasteiger partial charge in [-0.1, -0.05) is 33.3 Å². The molecule has 1 aliphatic rings. The van der Waals surface area contributed by atoms with Crippen LogP contribution in [0.2, 0.25) is 0 Å². The number of nitrogens with one attached hydrogen (secondary N) is 1. The normalized spacial score (nSPS) is 23.0. The van der Waals surface area contributed by atoms with Crippen LogP contribution in [-0.4, -0.2) is 18.1 Å². The van der Waals surface area contributed by atoms with E-state index in [9.17, 15) is 0 Å². The number of hydrogen-bond acceptors (Lipinski definition) is 3. The number of hydrogen-bond donors (Lipinski definition) is 1. The first-order chi connectivity index (χ1) is 10.0. The summed E-state index contributed by atoms with van der Waals surface area (Å²) >= 11 is 0. The molecule has 1 heterocycles. The third-order valence-electron chi connectivity index (χ3n) is 5.35. The maximum atomic E-state index is 5.09. The van der Waals surface area contributed by atoms with Gasteiger partial charge in [0, 0.05) is 24.8 Å². The standard InChI is InChI=1S/C18H30N2O/c1-5-18(2,3)15-7-9-16(10-8-15)19-12-14-6-11-17(21-4)20-13-14/h6,11,13,15-16,19H,5,7-10,12H2,1-4H3. The van der Waals surface area contributed by atoms with Crippen molar-refractivity contribution >= 4 is 0 Å². The van der Waals surface area contributed by atoms with Crippen LogP contribution in [0.3, 0.4) is 0 Å². The summed E-state index contributed by atoms with van der Waals surface area (Å²) < 4.78 is 5.09. The predicted molar refractivity (Wildman–Crippen MR) is 87.4 cm³/mol. The van der Waals surface area contributed by atoms with Crippen LogP contribution in [0.1, 0.15) is 58.4 Å². The van der Waals surface area contributed by atoms with E-state index in [1.165, 1.54) is 37.7 Å². The minimum absolute atomic E-state index is 0.505. The Morgan fingerprint density at radius 3 is 2.48 bits per heavy atom. The Labute approximate surface area is 129 Å². The van der Waals surface area contributed by atoms with E-state index in [2.05, 4.69) is 37.1 Å². The maximum Gasteiger partial charge on any atom is 0.212 e. The highest BCUT2D eigenvalue weighted by molar-refractivity contribution is 5.17. The largest absolute Gasteiger partial charge is 0.481 e. The Balaban J connectivity index is 1.76. The first kappa shape index (κ1) is 16.3. The molecule has 0 aliphatic heterocycles. The lowest BCUT2D eigenvalue weighted by molar-refractivity contribution is 0.137. The van der Waals surface area contributed by atoms with Crippen molar-refractivity contribution in [3.63, 3.8) is 0 Å². The lowest BCUT2D eigenvalue weighted by Gasteiger charge is -2.39. The molecule has 0 aromatic carbocycles. The van der Waals surface area contributed by atoms with Gasteiger partial charge in [0.2, 0.25) is 5.88 Å². The van der Waals surface area contributed by atoms with Crippen LogP contribution in [0.15, 0.2) is 18.3 Å². The van der Waals surface area contributed by atoms with E-state index in [0.717, 1.165) is 12.5 Å². The Kier molecular flexibility index (Phi) is 5.63. The minimum Gasteiger partial charge on any atom is -0.481 e. The van der Waals surface area contributed by atoms with Gasteiger partial charge in [-0.2, -0.15) is 0 Å². The van der Waals surface area contributed by atoms with E-state index in [0.29, 0.717) is 17.3 Å². The van der Waals surface area contributed by atoms with Gasteiger partial charge in [0.25, 0.3) is 0 Å². The molecule has 0 atom stereocenters. The molecule has 0 amide bonds. The second kappa shape index (κ2) is 7.26. The van der Waals surface area contributed by atoms with Gasteiger partial charge in [-0.15, -0.1) is 0 Å². The zero-order chi connectivity index (χ0) is 15.3. The molecule has 0 saturated heterocycles. The molecule has 21 heavy (non-hydrogen) atoms. The Bertz CT molecular complexity index is 419. The van der Waals surface area contributed by atoms with Crippen molar-refractivity contribution in [1.82, 2.24) is 10.3 Å². The summed E-state index contributed by atoms with van der Waals surface area (Å²) in [5, 5.41) is 3.68. The van der Waals surface area contributed by atoms with Gasteiger partial charge in [0.05, 0.1) is 7.11 Å². The molecule has 3 heteroatoms. The number of nitrogens with zero attached hydrogens (tertiary/aromatic N) is 1. The highest BCUT2D eigenvalue weighted by Crippen LogP contribution is 2.40. The van der Waals surface area contributed by atoms with Crippen molar-refractivity contribution in [2.24, 2.45) is 11.3 Å². The molecule has 0 unspecified atom stereocenters. The third kappa shape index (κ3) is 4.44. The summed E-state index contributed by atoms with van der Waals surface area (Å²) in [7, 11) is 1.65. The quantitative estimate of drug-likeness (QED) is 0.853. The fourth-order valence-electron chi connectivity index (χ4n) is 3.27. The fourth-order valence-corrected chi connectivity index (χ4v) is 3.27. The van der Waals surface area contributed by atoms with Gasteiger partial charge in [-0.3, -0.25) is 0 Å². The molecular formula is C18H30N2O. The SMILES string of the molecule is CCC(C)(C)C1CCC(NCc2ccc(OC)nc2)CC1. The molecule has 0 bridgehead atoms. The van der Waals surface area contributed by atoms with Crippen LogP contribution < -0.4 is 10.1 Å². The van der Waals surface area contributed by atoms with Gasteiger partial charge < -0.3 is 10.1 Å². The summed E-state index contributed by atoms with van der Waals surface area (Å²) in [6.07, 6.45) is 8.51. The Morgan fingerprint density at radius 2 is 1.95 bits per heavy atom. The van der Waals surface area contributed by atoms with E-state index >= 15 is 0 Å². The number of ether oxygens (including phenoxy) is 1. The van der Waals surface area contributed by atoms with Gasteiger partial charge in [-0.25, -0.2) is 4.98 Å². The summed E-state index contributed by atoms with van der Waals surface area (Å²) in [5.74, 6) is 1.57. The molecule has 1 aromatic rings. The first-order valence-electron chi connectivity index (χ1n) is 8.27. The van der Waals surface area contributed by atoms with E-state index < -0.39 is 0 Å². The smallest absolute Gasteiger partial charge is 0.212 e. The summed E-state index contributed by atoms with van der Waals surface area (Å²) in [6, 6.07) is 4.68. The molecule has 1 N–H and O–H groups in total. The van der Waals surface area contributed by atoms with Crippen molar-refractivity contribution in [2.75, 3.05) is 7.11 Å². The van der Waals surface area contributed by atoms with Crippen LogP contribution in [-0.2, 0) is 6.54 Å². The summed E-state index contributed by atoms with van der Waals surface area (Å²) in [4.78, 5) is 4.25. The molecule has 0 radical (unpaired) electrons. The number of rotatable bonds is 6. The summed E-state index contributed by atoms with van der Waals surface area (Å²) in [6.45, 7) is 8.08. The second-order valence-corrected chi connectivity index (χ2v) is 6.98. The first-order valence-corrected chi connectivity index (χ1v) is 8.27. The molecule has 1 fully saturated rings. The Hall–Kier alpha value is -1.09. The van der Waals surface area contributed by atoms with E-state index in [4.69, 9.17) is 4.74 Å². The van der Waals surface area contributed by atoms with Crippen LogP contribution >= 0.6 is 0 Å². The van der Waals surface area contributed by atoms with Crippen LogP contribution in [0.5, 0.6) is 5.88 Å². The highest BCUT2D eigenvalue weighted by Gasteiger charge is 2.31. The molecule has 118 valence electrons. The van der Waals surface area contributed by atoms with E-state index in [-0.39, 0.29) is 0 Å². The lowest BCUT2D eigenvalue weighted by atomic mass is 9.69. The summed E-state index contributed by atoms with van der Waals surface area (Å²) in [5.41, 5.74) is 1.73. The van der Waals surface area contributed by atoms with Crippen molar-refractivity contribution < 1.29 is 4.74 Å². The lowest BCUT2D eigenvalue weighted by Crippen LogP contribution is -2.36. The third-order valence-corrected chi connectivity index (χ3v) is 5.35. The average molecular weight is 290 g/mol. The van der Waals surface area contributed by atoms with Crippen molar-refractivity contribution in [3.05, 3.63) is 23.9 Å². The minimum atomic E-state index is 0.505. The molecular weight excluding hydrogens is 260 g/mol. The van der Waals surface area contributed by atoms with Gasteiger partial charge in [0.1, 0.15) is 0 Å². The van der Waals surface area contributed by atoms with Crippen molar-refractivity contribution in [2.45, 2.75) is 65.5 Å².